The Hall–Kier alpha value is -3.33. The van der Waals surface area contributed by atoms with E-state index in [9.17, 15) is 9.59 Å². The largest absolute Gasteiger partial charge is 0.444 e. The van der Waals surface area contributed by atoms with Gasteiger partial charge in [-0.3, -0.25) is 9.48 Å². The minimum absolute atomic E-state index is 0.135. The third-order valence-electron chi connectivity index (χ3n) is 5.35. The fourth-order valence-electron chi connectivity index (χ4n) is 3.94. The highest BCUT2D eigenvalue weighted by molar-refractivity contribution is 6.36. The summed E-state index contributed by atoms with van der Waals surface area (Å²) in [4.78, 5) is 31.6. The number of amides is 2. The zero-order valence-electron chi connectivity index (χ0n) is 18.8. The van der Waals surface area contributed by atoms with Crippen LogP contribution in [0.5, 0.6) is 0 Å². The number of fused-ring (bicyclic) bond motifs is 1. The van der Waals surface area contributed by atoms with Crippen molar-refractivity contribution in [3.05, 3.63) is 47.2 Å². The predicted octanol–water partition coefficient (Wildman–Crippen LogP) is 4.49. The number of pyridine rings is 1. The third-order valence-corrected chi connectivity index (χ3v) is 5.63. The van der Waals surface area contributed by atoms with Crippen LogP contribution in [0, 0.1) is 0 Å². The number of nitrogens with two attached hydrogens (primary N) is 1. The average Bonchev–Trinajstić information content (AvgIpc) is 3.18. The van der Waals surface area contributed by atoms with Gasteiger partial charge in [0.2, 0.25) is 0 Å². The van der Waals surface area contributed by atoms with E-state index in [0.717, 1.165) is 12.8 Å². The number of hydrogen-bond acceptors (Lipinski definition) is 6. The Morgan fingerprint density at radius 2 is 1.97 bits per heavy atom. The molecule has 2 aromatic heterocycles. The van der Waals surface area contributed by atoms with Gasteiger partial charge in [0.05, 0.1) is 28.2 Å². The number of nitrogen functional groups attached to an aromatic ring is 1. The lowest BCUT2D eigenvalue weighted by Crippen LogP contribution is -2.43. The van der Waals surface area contributed by atoms with Crippen molar-refractivity contribution in [1.82, 2.24) is 19.7 Å². The van der Waals surface area contributed by atoms with Gasteiger partial charge in [-0.1, -0.05) is 29.8 Å². The van der Waals surface area contributed by atoms with E-state index in [1.807, 2.05) is 39.0 Å². The number of ether oxygens (including phenoxy) is 1. The van der Waals surface area contributed by atoms with E-state index in [-0.39, 0.29) is 23.6 Å². The maximum atomic E-state index is 13.1. The standard InChI is InChI=1S/C23H27ClN6O3/c1-23(2,3)33-22(32)29-11-7-10-15(13-29)30-19-16(24)12-26-20(25)17(19)18(28-30)21(31)27-14-8-5-4-6-9-14/h4-6,8-9,12,15H,7,10-11,13H2,1-3H3,(H2,25,26)(H,27,31)/t15-/m1/s1. The van der Waals surface area contributed by atoms with Crippen LogP contribution in [-0.4, -0.2) is 50.4 Å². The summed E-state index contributed by atoms with van der Waals surface area (Å²) in [6.07, 6.45) is 2.59. The molecule has 1 aliphatic heterocycles. The second kappa shape index (κ2) is 8.90. The Labute approximate surface area is 196 Å². The van der Waals surface area contributed by atoms with Crippen LogP contribution >= 0.6 is 11.6 Å². The van der Waals surface area contributed by atoms with Gasteiger partial charge in [-0.15, -0.1) is 0 Å². The van der Waals surface area contributed by atoms with Gasteiger partial charge in [-0.05, 0) is 45.7 Å². The van der Waals surface area contributed by atoms with Crippen molar-refractivity contribution in [2.45, 2.75) is 45.3 Å². The number of rotatable bonds is 3. The van der Waals surface area contributed by atoms with Crippen molar-refractivity contribution < 1.29 is 14.3 Å². The molecular formula is C23H27ClN6O3. The fourth-order valence-corrected chi connectivity index (χ4v) is 4.17. The zero-order valence-corrected chi connectivity index (χ0v) is 19.6. The average molecular weight is 471 g/mol. The molecule has 3 aromatic rings. The normalized spacial score (nSPS) is 16.6. The molecule has 1 atom stereocenters. The summed E-state index contributed by atoms with van der Waals surface area (Å²) >= 11 is 6.50. The van der Waals surface area contributed by atoms with Gasteiger partial charge < -0.3 is 20.7 Å². The van der Waals surface area contributed by atoms with Crippen LogP contribution in [0.4, 0.5) is 16.3 Å². The summed E-state index contributed by atoms with van der Waals surface area (Å²) < 4.78 is 7.24. The maximum absolute atomic E-state index is 13.1. The molecule has 1 aromatic carbocycles. The second-order valence-electron chi connectivity index (χ2n) is 9.05. The number of aromatic nitrogens is 3. The van der Waals surface area contributed by atoms with Gasteiger partial charge in [0.1, 0.15) is 11.4 Å². The third kappa shape index (κ3) is 4.88. The molecule has 33 heavy (non-hydrogen) atoms. The molecule has 1 aliphatic rings. The van der Waals surface area contributed by atoms with Crippen LogP contribution in [0.2, 0.25) is 5.02 Å². The van der Waals surface area contributed by atoms with E-state index in [4.69, 9.17) is 22.1 Å². The number of likely N-dealkylation sites (tertiary alicyclic amines) is 1. The molecule has 0 saturated carbocycles. The number of piperidine rings is 1. The molecule has 0 aliphatic carbocycles. The highest BCUT2D eigenvalue weighted by atomic mass is 35.5. The zero-order chi connectivity index (χ0) is 23.8. The summed E-state index contributed by atoms with van der Waals surface area (Å²) in [5.74, 6) is -0.251. The van der Waals surface area contributed by atoms with Crippen LogP contribution in [0.1, 0.15) is 50.1 Å². The first-order valence-corrected chi connectivity index (χ1v) is 11.2. The van der Waals surface area contributed by atoms with E-state index in [1.165, 1.54) is 6.20 Å². The van der Waals surface area contributed by atoms with Gasteiger partial charge >= 0.3 is 6.09 Å². The molecule has 0 bridgehead atoms. The summed E-state index contributed by atoms with van der Waals surface area (Å²) in [7, 11) is 0. The van der Waals surface area contributed by atoms with Gasteiger partial charge in [-0.2, -0.15) is 5.10 Å². The molecule has 0 radical (unpaired) electrons. The summed E-state index contributed by atoms with van der Waals surface area (Å²) in [6.45, 7) is 6.47. The van der Waals surface area contributed by atoms with E-state index in [2.05, 4.69) is 15.4 Å². The minimum atomic E-state index is -0.589. The number of halogens is 1. The van der Waals surface area contributed by atoms with Gasteiger partial charge in [0.15, 0.2) is 5.69 Å². The highest BCUT2D eigenvalue weighted by Gasteiger charge is 2.32. The first kappa shape index (κ1) is 22.8. The summed E-state index contributed by atoms with van der Waals surface area (Å²) in [6, 6.07) is 8.88. The fraction of sp³-hybridized carbons (Fsp3) is 0.391. The van der Waals surface area contributed by atoms with E-state index in [0.29, 0.717) is 34.7 Å². The van der Waals surface area contributed by atoms with Gasteiger partial charge in [0, 0.05) is 18.8 Å². The van der Waals surface area contributed by atoms with E-state index < -0.39 is 11.5 Å². The first-order chi connectivity index (χ1) is 15.6. The van der Waals surface area contributed by atoms with Crippen molar-refractivity contribution in [3.8, 4) is 0 Å². The van der Waals surface area contributed by atoms with Crippen molar-refractivity contribution in [1.29, 1.82) is 0 Å². The Morgan fingerprint density at radius 3 is 2.67 bits per heavy atom. The predicted molar refractivity (Wildman–Crippen MR) is 127 cm³/mol. The smallest absolute Gasteiger partial charge is 0.410 e. The summed E-state index contributed by atoms with van der Waals surface area (Å²) in [5, 5.41) is 8.19. The lowest BCUT2D eigenvalue weighted by Gasteiger charge is -2.34. The number of hydrogen-bond donors (Lipinski definition) is 2. The quantitative estimate of drug-likeness (QED) is 0.582. The van der Waals surface area contributed by atoms with Crippen LogP contribution < -0.4 is 11.1 Å². The number of para-hydroxylation sites is 1. The number of carbonyl (C=O) groups excluding carboxylic acids is 2. The molecule has 9 nitrogen and oxygen atoms in total. The first-order valence-electron chi connectivity index (χ1n) is 10.8. The van der Waals surface area contributed by atoms with E-state index >= 15 is 0 Å². The molecule has 10 heteroatoms. The number of benzene rings is 1. The maximum Gasteiger partial charge on any atom is 0.410 e. The highest BCUT2D eigenvalue weighted by Crippen LogP contribution is 2.34. The van der Waals surface area contributed by atoms with Crippen LogP contribution in [0.15, 0.2) is 36.5 Å². The molecular weight excluding hydrogens is 444 g/mol. The number of anilines is 2. The Morgan fingerprint density at radius 1 is 1.24 bits per heavy atom. The van der Waals surface area contributed by atoms with Gasteiger partial charge in [0.25, 0.3) is 5.91 Å². The summed E-state index contributed by atoms with van der Waals surface area (Å²) in [5.41, 5.74) is 6.86. The molecule has 174 valence electrons. The molecule has 3 heterocycles. The molecule has 4 rings (SSSR count). The number of nitrogens with one attached hydrogen (secondary N) is 1. The lowest BCUT2D eigenvalue weighted by atomic mass is 10.1. The molecule has 0 spiro atoms. The molecule has 2 amide bonds. The van der Waals surface area contributed by atoms with Crippen molar-refractivity contribution in [2.24, 2.45) is 0 Å². The molecule has 1 saturated heterocycles. The molecule has 0 unspecified atom stereocenters. The van der Waals surface area contributed by atoms with Crippen LogP contribution in [0.3, 0.4) is 0 Å². The van der Waals surface area contributed by atoms with E-state index in [1.54, 1.807) is 21.7 Å². The number of carbonyl (C=O) groups is 2. The van der Waals surface area contributed by atoms with Crippen molar-refractivity contribution in [2.75, 3.05) is 24.1 Å². The Bertz CT molecular complexity index is 1190. The lowest BCUT2D eigenvalue weighted by molar-refractivity contribution is 0.0169. The van der Waals surface area contributed by atoms with Gasteiger partial charge in [-0.25, -0.2) is 9.78 Å². The molecule has 3 N–H and O–H groups in total. The number of nitrogens with zero attached hydrogens (tertiary/aromatic N) is 4. The monoisotopic (exact) mass is 470 g/mol. The van der Waals surface area contributed by atoms with Crippen molar-refractivity contribution >= 4 is 46.0 Å². The SMILES string of the molecule is CC(C)(C)OC(=O)N1CCC[C@@H](n2nc(C(=O)Nc3ccccc3)c3c(N)ncc(Cl)c32)C1. The van der Waals surface area contributed by atoms with Crippen LogP contribution in [0.25, 0.3) is 10.9 Å². The Balaban J connectivity index is 1.70. The van der Waals surface area contributed by atoms with Crippen LogP contribution in [-0.2, 0) is 4.74 Å². The van der Waals surface area contributed by atoms with Crippen molar-refractivity contribution in [3.63, 3.8) is 0 Å². The minimum Gasteiger partial charge on any atom is -0.444 e. The Kier molecular flexibility index (Phi) is 6.16. The molecule has 1 fully saturated rings. The second-order valence-corrected chi connectivity index (χ2v) is 9.46. The topological polar surface area (TPSA) is 115 Å².